The molecule has 0 aliphatic rings. The van der Waals surface area contributed by atoms with Gasteiger partial charge in [0.2, 0.25) is 5.91 Å². The van der Waals surface area contributed by atoms with E-state index in [0.29, 0.717) is 11.4 Å². The minimum Gasteiger partial charge on any atom is -0.366 e. The van der Waals surface area contributed by atoms with Crippen molar-refractivity contribution >= 4 is 23.4 Å². The number of hydrogen-bond acceptors (Lipinski definition) is 5. The number of nitrogens with zero attached hydrogens (tertiary/aromatic N) is 3. The Balaban J connectivity index is 1.55. The fraction of sp³-hybridized carbons (Fsp3) is 0. The normalized spacial score (nSPS) is 9.94. The number of carbonyl (C=O) groups excluding carboxylic acids is 2. The van der Waals surface area contributed by atoms with Gasteiger partial charge >= 0.3 is 6.03 Å². The number of amides is 3. The van der Waals surface area contributed by atoms with Crippen LogP contribution in [-0.4, -0.2) is 26.9 Å². The second kappa shape index (κ2) is 9.85. The molecule has 0 aliphatic heterocycles. The Labute approximate surface area is 189 Å². The second-order valence-corrected chi connectivity index (χ2v) is 6.88. The van der Waals surface area contributed by atoms with Crippen LogP contribution in [0.15, 0.2) is 85.5 Å². The lowest BCUT2D eigenvalue weighted by Crippen LogP contribution is -2.21. The molecule has 8 nitrogen and oxygen atoms in total. The van der Waals surface area contributed by atoms with E-state index in [4.69, 9.17) is 5.73 Å². The van der Waals surface area contributed by atoms with E-state index in [1.54, 1.807) is 36.8 Å². The Kier molecular flexibility index (Phi) is 6.33. The lowest BCUT2D eigenvalue weighted by atomic mass is 10.1. The highest BCUT2D eigenvalue weighted by Gasteiger charge is 2.11. The smallest absolute Gasteiger partial charge is 0.324 e. The van der Waals surface area contributed by atoms with Gasteiger partial charge in [0.05, 0.1) is 17.6 Å². The molecule has 160 valence electrons. The number of aromatic nitrogens is 3. The second-order valence-electron chi connectivity index (χ2n) is 6.88. The molecule has 0 fully saturated rings. The Hall–Kier alpha value is -5.03. The zero-order valence-corrected chi connectivity index (χ0v) is 17.3. The van der Waals surface area contributed by atoms with E-state index in [2.05, 4.69) is 37.4 Å². The summed E-state index contributed by atoms with van der Waals surface area (Å²) in [4.78, 5) is 36.6. The maximum Gasteiger partial charge on any atom is 0.324 e. The van der Waals surface area contributed by atoms with E-state index in [9.17, 15) is 9.59 Å². The van der Waals surface area contributed by atoms with Gasteiger partial charge < -0.3 is 11.1 Å². The topological polar surface area (TPSA) is 123 Å². The van der Waals surface area contributed by atoms with Gasteiger partial charge in [0.15, 0.2) is 0 Å². The molecule has 33 heavy (non-hydrogen) atoms. The van der Waals surface area contributed by atoms with Crippen LogP contribution in [0.1, 0.15) is 21.5 Å². The fourth-order valence-corrected chi connectivity index (χ4v) is 2.91. The minimum absolute atomic E-state index is 0.183. The van der Waals surface area contributed by atoms with Crippen molar-refractivity contribution in [1.29, 1.82) is 0 Å². The zero-order chi connectivity index (χ0) is 23.0. The predicted octanol–water partition coefficient (Wildman–Crippen LogP) is 3.68. The van der Waals surface area contributed by atoms with Crippen LogP contribution in [0, 0.1) is 11.8 Å². The number of pyridine rings is 3. The lowest BCUT2D eigenvalue weighted by Gasteiger charge is -2.10. The van der Waals surface area contributed by atoms with Crippen LogP contribution in [-0.2, 0) is 0 Å². The molecule has 0 unspecified atom stereocenters. The van der Waals surface area contributed by atoms with E-state index in [-0.39, 0.29) is 11.4 Å². The van der Waals surface area contributed by atoms with Gasteiger partial charge in [0, 0.05) is 40.8 Å². The number of benzene rings is 1. The van der Waals surface area contributed by atoms with Crippen LogP contribution in [0.25, 0.3) is 11.3 Å². The maximum absolute atomic E-state index is 12.3. The summed E-state index contributed by atoms with van der Waals surface area (Å²) in [5.41, 5.74) is 9.06. The SMILES string of the molecule is NC(=O)c1cc(NC(=O)Nc2cccnc2)nc(-c2ccc(C#Cc3cccnc3)cc2)c1. The molecule has 0 spiro atoms. The van der Waals surface area contributed by atoms with Crippen molar-refractivity contribution in [3.8, 4) is 23.1 Å². The van der Waals surface area contributed by atoms with Gasteiger partial charge in [-0.15, -0.1) is 0 Å². The van der Waals surface area contributed by atoms with E-state index in [0.717, 1.165) is 16.7 Å². The Morgan fingerprint density at radius 2 is 1.55 bits per heavy atom. The van der Waals surface area contributed by atoms with Crippen LogP contribution in [0.2, 0.25) is 0 Å². The first-order valence-electron chi connectivity index (χ1n) is 9.89. The van der Waals surface area contributed by atoms with Crippen molar-refractivity contribution in [3.05, 3.63) is 102 Å². The van der Waals surface area contributed by atoms with E-state index >= 15 is 0 Å². The summed E-state index contributed by atoms with van der Waals surface area (Å²) in [6.07, 6.45) is 6.50. The molecule has 0 atom stereocenters. The van der Waals surface area contributed by atoms with Crippen molar-refractivity contribution < 1.29 is 9.59 Å². The molecular formula is C25H18N6O2. The Bertz CT molecular complexity index is 1340. The standard InChI is InChI=1S/C25H18N6O2/c26-24(32)20-13-22(30-23(14-20)31-25(33)29-21-4-2-12-28-16-21)19-9-7-17(8-10-19)5-6-18-3-1-11-27-15-18/h1-4,7-16H,(H2,26,32)(H2,29,30,31,33). The first kappa shape index (κ1) is 21.2. The molecule has 8 heteroatoms. The minimum atomic E-state index is -0.631. The highest BCUT2D eigenvalue weighted by atomic mass is 16.2. The van der Waals surface area contributed by atoms with Crippen LogP contribution in [0.5, 0.6) is 0 Å². The molecule has 0 bridgehead atoms. The van der Waals surface area contributed by atoms with Gasteiger partial charge in [-0.25, -0.2) is 9.78 Å². The summed E-state index contributed by atoms with van der Waals surface area (Å²) < 4.78 is 0. The third-order valence-corrected chi connectivity index (χ3v) is 4.46. The van der Waals surface area contributed by atoms with E-state index in [1.807, 2.05) is 36.4 Å². The number of urea groups is 1. The van der Waals surface area contributed by atoms with Crippen molar-refractivity contribution in [3.63, 3.8) is 0 Å². The molecule has 3 aromatic heterocycles. The van der Waals surface area contributed by atoms with Crippen molar-refractivity contribution in [2.45, 2.75) is 0 Å². The highest BCUT2D eigenvalue weighted by molar-refractivity contribution is 6.01. The largest absolute Gasteiger partial charge is 0.366 e. The summed E-state index contributed by atoms with van der Waals surface area (Å²) in [5.74, 6) is 5.67. The number of nitrogens with one attached hydrogen (secondary N) is 2. The summed E-state index contributed by atoms with van der Waals surface area (Å²) in [6.45, 7) is 0. The molecule has 0 radical (unpaired) electrons. The van der Waals surface area contributed by atoms with Crippen LogP contribution in [0.4, 0.5) is 16.3 Å². The average Bonchev–Trinajstić information content (AvgIpc) is 2.84. The molecule has 4 N–H and O–H groups in total. The van der Waals surface area contributed by atoms with Crippen LogP contribution < -0.4 is 16.4 Å². The third kappa shape index (κ3) is 5.77. The number of hydrogen-bond donors (Lipinski definition) is 3. The van der Waals surface area contributed by atoms with Gasteiger partial charge in [-0.3, -0.25) is 20.1 Å². The van der Waals surface area contributed by atoms with Crippen molar-refractivity contribution in [2.24, 2.45) is 5.73 Å². The summed E-state index contributed by atoms with van der Waals surface area (Å²) in [6, 6.07) is 16.9. The molecule has 4 aromatic rings. The number of nitrogens with two attached hydrogens (primary N) is 1. The molecule has 0 saturated heterocycles. The number of anilines is 2. The Morgan fingerprint density at radius 3 is 2.21 bits per heavy atom. The van der Waals surface area contributed by atoms with Crippen molar-refractivity contribution in [1.82, 2.24) is 15.0 Å². The van der Waals surface area contributed by atoms with Gasteiger partial charge in [0.25, 0.3) is 0 Å². The van der Waals surface area contributed by atoms with Crippen LogP contribution in [0.3, 0.4) is 0 Å². The summed E-state index contributed by atoms with van der Waals surface area (Å²) >= 11 is 0. The molecular weight excluding hydrogens is 416 g/mol. The quantitative estimate of drug-likeness (QED) is 0.423. The van der Waals surface area contributed by atoms with Gasteiger partial charge in [0.1, 0.15) is 5.82 Å². The molecule has 0 aliphatic carbocycles. The van der Waals surface area contributed by atoms with Gasteiger partial charge in [-0.2, -0.15) is 0 Å². The summed E-state index contributed by atoms with van der Waals surface area (Å²) in [5, 5.41) is 5.27. The molecule has 3 heterocycles. The zero-order valence-electron chi connectivity index (χ0n) is 17.3. The predicted molar refractivity (Wildman–Crippen MR) is 125 cm³/mol. The monoisotopic (exact) mass is 434 g/mol. The fourth-order valence-electron chi connectivity index (χ4n) is 2.91. The van der Waals surface area contributed by atoms with Gasteiger partial charge in [-0.1, -0.05) is 24.0 Å². The van der Waals surface area contributed by atoms with Gasteiger partial charge in [-0.05, 0) is 48.5 Å². The molecule has 0 saturated carbocycles. The Morgan fingerprint density at radius 1 is 0.818 bits per heavy atom. The van der Waals surface area contributed by atoms with E-state index < -0.39 is 11.9 Å². The first-order chi connectivity index (χ1) is 16.1. The number of primary amides is 1. The van der Waals surface area contributed by atoms with E-state index in [1.165, 1.54) is 12.3 Å². The molecule has 1 aromatic carbocycles. The summed E-state index contributed by atoms with van der Waals surface area (Å²) in [7, 11) is 0. The number of rotatable bonds is 4. The average molecular weight is 434 g/mol. The number of carbonyl (C=O) groups is 2. The molecule has 4 rings (SSSR count). The first-order valence-corrected chi connectivity index (χ1v) is 9.89. The molecule has 3 amide bonds. The third-order valence-electron chi connectivity index (χ3n) is 4.46. The van der Waals surface area contributed by atoms with Crippen LogP contribution >= 0.6 is 0 Å². The lowest BCUT2D eigenvalue weighted by molar-refractivity contribution is 0.1000. The van der Waals surface area contributed by atoms with Crippen molar-refractivity contribution in [2.75, 3.05) is 10.6 Å². The highest BCUT2D eigenvalue weighted by Crippen LogP contribution is 2.22. The maximum atomic E-state index is 12.3.